The van der Waals surface area contributed by atoms with Crippen LogP contribution in [-0.2, 0) is 16.0 Å². The van der Waals surface area contributed by atoms with Crippen LogP contribution in [0.15, 0.2) is 37.1 Å². The zero-order valence-electron chi connectivity index (χ0n) is 10.8. The molecule has 0 aliphatic carbocycles. The summed E-state index contributed by atoms with van der Waals surface area (Å²) in [7, 11) is 0. The van der Waals surface area contributed by atoms with Crippen LogP contribution in [0.5, 0.6) is 5.75 Å². The second kappa shape index (κ2) is 8.16. The van der Waals surface area contributed by atoms with E-state index in [1.807, 2.05) is 0 Å². The van der Waals surface area contributed by atoms with E-state index in [0.29, 0.717) is 26.0 Å². The van der Waals surface area contributed by atoms with Crippen molar-refractivity contribution in [3.05, 3.63) is 42.7 Å². The molecule has 4 N–H and O–H groups in total. The highest BCUT2D eigenvalue weighted by Crippen LogP contribution is 2.10. The number of rotatable bonds is 8. The van der Waals surface area contributed by atoms with Gasteiger partial charge in [0.15, 0.2) is 0 Å². The van der Waals surface area contributed by atoms with E-state index in [1.54, 1.807) is 24.3 Å². The number of phenols is 1. The molecule has 0 heterocycles. The van der Waals surface area contributed by atoms with Gasteiger partial charge in [0, 0.05) is 6.54 Å². The fourth-order valence-corrected chi connectivity index (χ4v) is 1.56. The van der Waals surface area contributed by atoms with E-state index >= 15 is 0 Å². The molecule has 5 heteroatoms. The third-order valence-corrected chi connectivity index (χ3v) is 2.58. The molecule has 1 aromatic carbocycles. The minimum Gasteiger partial charge on any atom is -0.508 e. The molecule has 0 spiro atoms. The summed E-state index contributed by atoms with van der Waals surface area (Å²) in [6.45, 7) is 4.48. The molecule has 0 aromatic heterocycles. The van der Waals surface area contributed by atoms with Crippen LogP contribution in [-0.4, -0.2) is 30.2 Å². The van der Waals surface area contributed by atoms with Crippen molar-refractivity contribution >= 4 is 5.91 Å². The number of amides is 1. The average Bonchev–Trinajstić information content (AvgIpc) is 2.41. The smallest absolute Gasteiger partial charge is 0.237 e. The molecule has 0 saturated carbocycles. The first-order chi connectivity index (χ1) is 9.13. The normalized spacial score (nSPS) is 11.6. The summed E-state index contributed by atoms with van der Waals surface area (Å²) in [5.74, 6) is 0.00988. The Morgan fingerprint density at radius 3 is 2.79 bits per heavy atom. The van der Waals surface area contributed by atoms with Crippen LogP contribution in [0.25, 0.3) is 0 Å². The average molecular weight is 264 g/mol. The zero-order valence-corrected chi connectivity index (χ0v) is 10.8. The van der Waals surface area contributed by atoms with E-state index in [1.165, 1.54) is 6.26 Å². The lowest BCUT2D eigenvalue weighted by atomic mass is 10.1. The fraction of sp³-hybridized carbons (Fsp3) is 0.357. The standard InChI is InChI=1S/C14H20N2O3/c1-2-19-9-3-8-16-14(18)13(15)10-11-4-6-12(17)7-5-11/h2,4-7,13,17H,1,3,8-10,15H2,(H,16,18). The lowest BCUT2D eigenvalue weighted by Gasteiger charge is -2.12. The Morgan fingerprint density at radius 1 is 1.47 bits per heavy atom. The predicted octanol–water partition coefficient (Wildman–Crippen LogP) is 0.928. The van der Waals surface area contributed by atoms with Crippen molar-refractivity contribution in [3.63, 3.8) is 0 Å². The molecule has 1 amide bonds. The summed E-state index contributed by atoms with van der Waals surface area (Å²) in [6.07, 6.45) is 2.53. The van der Waals surface area contributed by atoms with Gasteiger partial charge >= 0.3 is 0 Å². The molecule has 0 fully saturated rings. The van der Waals surface area contributed by atoms with Crippen molar-refractivity contribution in [1.82, 2.24) is 5.32 Å². The van der Waals surface area contributed by atoms with E-state index < -0.39 is 6.04 Å². The second-order valence-electron chi connectivity index (χ2n) is 4.16. The molecule has 0 aliphatic heterocycles. The summed E-state index contributed by atoms with van der Waals surface area (Å²) in [6, 6.07) is 6.06. The van der Waals surface area contributed by atoms with Crippen LogP contribution in [0.1, 0.15) is 12.0 Å². The Kier molecular flexibility index (Phi) is 6.46. The van der Waals surface area contributed by atoms with Gasteiger partial charge < -0.3 is 20.9 Å². The van der Waals surface area contributed by atoms with Gasteiger partial charge in [0.1, 0.15) is 5.75 Å². The van der Waals surface area contributed by atoms with Crippen molar-refractivity contribution in [3.8, 4) is 5.75 Å². The Labute approximate surface area is 113 Å². The molecule has 0 aliphatic rings. The van der Waals surface area contributed by atoms with Crippen molar-refractivity contribution in [2.45, 2.75) is 18.9 Å². The number of phenolic OH excluding ortho intramolecular Hbond substituents is 1. The summed E-state index contributed by atoms with van der Waals surface area (Å²) < 4.78 is 4.94. The van der Waals surface area contributed by atoms with Gasteiger partial charge in [0.05, 0.1) is 18.9 Å². The zero-order chi connectivity index (χ0) is 14.1. The summed E-state index contributed by atoms with van der Waals surface area (Å²) in [5.41, 5.74) is 6.72. The van der Waals surface area contributed by atoms with Gasteiger partial charge in [0.2, 0.25) is 5.91 Å². The molecule has 1 rings (SSSR count). The monoisotopic (exact) mass is 264 g/mol. The SMILES string of the molecule is C=COCCCNC(=O)C(N)Cc1ccc(O)cc1. The molecule has 104 valence electrons. The van der Waals surface area contributed by atoms with Gasteiger partial charge in [0.25, 0.3) is 0 Å². The van der Waals surface area contributed by atoms with Crippen LogP contribution in [0.3, 0.4) is 0 Å². The van der Waals surface area contributed by atoms with Gasteiger partial charge in [-0.1, -0.05) is 18.7 Å². The van der Waals surface area contributed by atoms with Gasteiger partial charge in [-0.25, -0.2) is 0 Å². The quantitative estimate of drug-likeness (QED) is 0.481. The van der Waals surface area contributed by atoms with Crippen molar-refractivity contribution < 1.29 is 14.6 Å². The van der Waals surface area contributed by atoms with Crippen molar-refractivity contribution in [1.29, 1.82) is 0 Å². The predicted molar refractivity (Wildman–Crippen MR) is 73.6 cm³/mol. The highest BCUT2D eigenvalue weighted by molar-refractivity contribution is 5.81. The highest BCUT2D eigenvalue weighted by Gasteiger charge is 2.13. The second-order valence-corrected chi connectivity index (χ2v) is 4.16. The van der Waals surface area contributed by atoms with Crippen LogP contribution in [0.2, 0.25) is 0 Å². The number of benzene rings is 1. The van der Waals surface area contributed by atoms with Crippen LogP contribution >= 0.6 is 0 Å². The van der Waals surface area contributed by atoms with Crippen LogP contribution < -0.4 is 11.1 Å². The molecule has 19 heavy (non-hydrogen) atoms. The lowest BCUT2D eigenvalue weighted by molar-refractivity contribution is -0.122. The third kappa shape index (κ3) is 5.92. The molecule has 5 nitrogen and oxygen atoms in total. The van der Waals surface area contributed by atoms with Crippen molar-refractivity contribution in [2.24, 2.45) is 5.73 Å². The first-order valence-corrected chi connectivity index (χ1v) is 6.17. The van der Waals surface area contributed by atoms with Crippen molar-refractivity contribution in [2.75, 3.05) is 13.2 Å². The molecular formula is C14H20N2O3. The molecule has 0 radical (unpaired) electrons. The summed E-state index contributed by atoms with van der Waals surface area (Å²) in [4.78, 5) is 11.7. The van der Waals surface area contributed by atoms with E-state index in [2.05, 4.69) is 11.9 Å². The van der Waals surface area contributed by atoms with Gasteiger partial charge in [-0.15, -0.1) is 0 Å². The van der Waals surface area contributed by atoms with E-state index in [-0.39, 0.29) is 11.7 Å². The van der Waals surface area contributed by atoms with Crippen LogP contribution in [0, 0.1) is 0 Å². The van der Waals surface area contributed by atoms with E-state index in [9.17, 15) is 4.79 Å². The molecule has 0 saturated heterocycles. The largest absolute Gasteiger partial charge is 0.508 e. The number of ether oxygens (including phenoxy) is 1. The first-order valence-electron chi connectivity index (χ1n) is 6.17. The van der Waals surface area contributed by atoms with Gasteiger partial charge in [-0.3, -0.25) is 4.79 Å². The Morgan fingerprint density at radius 2 is 2.16 bits per heavy atom. The Bertz CT molecular complexity index is 404. The van der Waals surface area contributed by atoms with Gasteiger partial charge in [-0.2, -0.15) is 0 Å². The molecule has 1 unspecified atom stereocenters. The summed E-state index contributed by atoms with van der Waals surface area (Å²) in [5, 5.41) is 11.9. The maximum absolute atomic E-state index is 11.7. The molecule has 0 bridgehead atoms. The number of carbonyl (C=O) groups is 1. The van der Waals surface area contributed by atoms with Gasteiger partial charge in [-0.05, 0) is 30.5 Å². The Balaban J connectivity index is 2.28. The van der Waals surface area contributed by atoms with E-state index in [4.69, 9.17) is 15.6 Å². The highest BCUT2D eigenvalue weighted by atomic mass is 16.5. The maximum atomic E-state index is 11.7. The van der Waals surface area contributed by atoms with Crippen LogP contribution in [0.4, 0.5) is 0 Å². The maximum Gasteiger partial charge on any atom is 0.237 e. The molecular weight excluding hydrogens is 244 g/mol. The number of carbonyl (C=O) groups excluding carboxylic acids is 1. The minimum absolute atomic E-state index is 0.188. The minimum atomic E-state index is -0.593. The topological polar surface area (TPSA) is 84.6 Å². The number of hydrogen-bond acceptors (Lipinski definition) is 4. The summed E-state index contributed by atoms with van der Waals surface area (Å²) >= 11 is 0. The lowest BCUT2D eigenvalue weighted by Crippen LogP contribution is -2.42. The Hall–Kier alpha value is -2.01. The first kappa shape index (κ1) is 15.0. The third-order valence-electron chi connectivity index (χ3n) is 2.58. The van der Waals surface area contributed by atoms with E-state index in [0.717, 1.165) is 5.56 Å². The molecule has 1 atom stereocenters. The molecule has 1 aromatic rings. The number of nitrogens with two attached hydrogens (primary N) is 1. The fourth-order valence-electron chi connectivity index (χ4n) is 1.56. The number of nitrogens with one attached hydrogen (secondary N) is 1. The number of hydrogen-bond donors (Lipinski definition) is 3. The number of aromatic hydroxyl groups is 1.